The van der Waals surface area contributed by atoms with E-state index in [1.165, 1.54) is 0 Å². The van der Waals surface area contributed by atoms with E-state index in [9.17, 15) is 4.79 Å². The fourth-order valence-corrected chi connectivity index (χ4v) is 2.31. The number of aryl methyl sites for hydroxylation is 1. The molecule has 0 aliphatic carbocycles. The fraction of sp³-hybridized carbons (Fsp3) is 0.400. The molecule has 0 fully saturated rings. The number of anilines is 1. The zero-order valence-electron chi connectivity index (χ0n) is 11.4. The Kier molecular flexibility index (Phi) is 2.93. The first-order chi connectivity index (χ1) is 8.39. The van der Waals surface area contributed by atoms with Gasteiger partial charge < -0.3 is 10.1 Å². The first-order valence-electron chi connectivity index (χ1n) is 6.09. The highest BCUT2D eigenvalue weighted by Crippen LogP contribution is 2.46. The minimum absolute atomic E-state index is 0.0228. The van der Waals surface area contributed by atoms with Crippen LogP contribution in [0, 0.1) is 13.8 Å². The Morgan fingerprint density at radius 2 is 2.11 bits per heavy atom. The number of fused-ring (bicyclic) bond motifs is 1. The number of benzene rings is 1. The number of amides is 1. The molecule has 2 rings (SSSR count). The van der Waals surface area contributed by atoms with Crippen LogP contribution in [0.15, 0.2) is 18.7 Å². The summed E-state index contributed by atoms with van der Waals surface area (Å²) in [6.45, 7) is 12.0. The summed E-state index contributed by atoms with van der Waals surface area (Å²) in [5, 5.41) is 2.97. The Balaban J connectivity index is 2.64. The topological polar surface area (TPSA) is 38.3 Å². The normalized spacial score (nSPS) is 16.1. The molecule has 0 bridgehead atoms. The minimum atomic E-state index is -0.551. The van der Waals surface area contributed by atoms with Crippen molar-refractivity contribution in [3.05, 3.63) is 35.4 Å². The van der Waals surface area contributed by atoms with Crippen LogP contribution >= 0.6 is 0 Å². The second-order valence-corrected chi connectivity index (χ2v) is 5.25. The third-order valence-corrected chi connectivity index (χ3v) is 3.60. The summed E-state index contributed by atoms with van der Waals surface area (Å²) < 4.78 is 5.71. The van der Waals surface area contributed by atoms with Gasteiger partial charge in [-0.1, -0.05) is 12.7 Å². The molecule has 1 aromatic carbocycles. The van der Waals surface area contributed by atoms with E-state index in [1.807, 2.05) is 33.8 Å². The molecule has 0 radical (unpaired) electrons. The molecule has 0 atom stereocenters. The minimum Gasteiger partial charge on any atom is -0.489 e. The summed E-state index contributed by atoms with van der Waals surface area (Å²) in [6, 6.07) is 2.00. The van der Waals surface area contributed by atoms with Gasteiger partial charge in [0.1, 0.15) is 12.4 Å². The average molecular weight is 245 g/mol. The molecule has 18 heavy (non-hydrogen) atoms. The van der Waals surface area contributed by atoms with E-state index in [1.54, 1.807) is 6.08 Å². The van der Waals surface area contributed by atoms with Crippen molar-refractivity contribution >= 4 is 11.6 Å². The van der Waals surface area contributed by atoms with Crippen LogP contribution in [0.25, 0.3) is 0 Å². The predicted octanol–water partition coefficient (Wildman–Crippen LogP) is 3.10. The number of nitrogens with one attached hydrogen (secondary N) is 1. The van der Waals surface area contributed by atoms with Gasteiger partial charge in [0.2, 0.25) is 5.91 Å². The maximum atomic E-state index is 12.1. The third kappa shape index (κ3) is 1.70. The number of ether oxygens (including phenoxy) is 1. The van der Waals surface area contributed by atoms with Crippen LogP contribution in [0.5, 0.6) is 5.75 Å². The lowest BCUT2D eigenvalue weighted by molar-refractivity contribution is -0.119. The van der Waals surface area contributed by atoms with Gasteiger partial charge >= 0.3 is 0 Å². The molecule has 1 heterocycles. The lowest BCUT2D eigenvalue weighted by Gasteiger charge is -2.20. The maximum Gasteiger partial charge on any atom is 0.234 e. The van der Waals surface area contributed by atoms with Crippen molar-refractivity contribution in [3.63, 3.8) is 0 Å². The Labute approximate surface area is 108 Å². The molecule has 96 valence electrons. The molecule has 0 saturated heterocycles. The Morgan fingerprint density at radius 1 is 1.44 bits per heavy atom. The van der Waals surface area contributed by atoms with Crippen molar-refractivity contribution < 1.29 is 9.53 Å². The van der Waals surface area contributed by atoms with Crippen molar-refractivity contribution in [1.29, 1.82) is 0 Å². The van der Waals surface area contributed by atoms with Crippen LogP contribution in [-0.4, -0.2) is 12.5 Å². The molecular formula is C15H19NO2. The van der Waals surface area contributed by atoms with E-state index in [0.29, 0.717) is 6.61 Å². The van der Waals surface area contributed by atoms with E-state index < -0.39 is 5.41 Å². The van der Waals surface area contributed by atoms with E-state index in [-0.39, 0.29) is 5.91 Å². The summed E-state index contributed by atoms with van der Waals surface area (Å²) in [5.74, 6) is 0.797. The molecule has 1 N–H and O–H groups in total. The first-order valence-corrected chi connectivity index (χ1v) is 6.09. The van der Waals surface area contributed by atoms with Crippen molar-refractivity contribution in [3.8, 4) is 5.75 Å². The van der Waals surface area contributed by atoms with Gasteiger partial charge in [0, 0.05) is 5.56 Å². The van der Waals surface area contributed by atoms with Crippen molar-refractivity contribution in [2.45, 2.75) is 33.1 Å². The van der Waals surface area contributed by atoms with E-state index in [4.69, 9.17) is 4.74 Å². The van der Waals surface area contributed by atoms with Gasteiger partial charge in [-0.2, -0.15) is 0 Å². The van der Waals surface area contributed by atoms with Gasteiger partial charge in [0.15, 0.2) is 0 Å². The van der Waals surface area contributed by atoms with Crippen molar-refractivity contribution in [1.82, 2.24) is 0 Å². The molecule has 3 nitrogen and oxygen atoms in total. The summed E-state index contributed by atoms with van der Waals surface area (Å²) in [6.07, 6.45) is 1.71. The second-order valence-electron chi connectivity index (χ2n) is 5.25. The predicted molar refractivity (Wildman–Crippen MR) is 73.3 cm³/mol. The zero-order chi connectivity index (χ0) is 13.5. The number of rotatable bonds is 3. The molecular weight excluding hydrogens is 226 g/mol. The molecule has 0 saturated carbocycles. The first kappa shape index (κ1) is 12.7. The van der Waals surface area contributed by atoms with Gasteiger partial charge in [0.25, 0.3) is 0 Å². The van der Waals surface area contributed by atoms with E-state index >= 15 is 0 Å². The summed E-state index contributed by atoms with van der Waals surface area (Å²) in [5.41, 5.74) is 3.53. The SMILES string of the molecule is C=CCOc1cc(C)c(C)c2c1C(C)(C)C(=O)N2. The van der Waals surface area contributed by atoms with Crippen LogP contribution < -0.4 is 10.1 Å². The number of carbonyl (C=O) groups excluding carboxylic acids is 1. The largest absolute Gasteiger partial charge is 0.489 e. The molecule has 1 aliphatic heterocycles. The maximum absolute atomic E-state index is 12.1. The number of hydrogen-bond acceptors (Lipinski definition) is 2. The van der Waals surface area contributed by atoms with Gasteiger partial charge in [0.05, 0.1) is 11.1 Å². The highest BCUT2D eigenvalue weighted by molar-refractivity contribution is 6.07. The Morgan fingerprint density at radius 3 is 2.72 bits per heavy atom. The smallest absolute Gasteiger partial charge is 0.234 e. The van der Waals surface area contributed by atoms with Crippen molar-refractivity contribution in [2.24, 2.45) is 0 Å². The van der Waals surface area contributed by atoms with Crippen LogP contribution in [0.3, 0.4) is 0 Å². The summed E-state index contributed by atoms with van der Waals surface area (Å²) in [4.78, 5) is 12.1. The highest BCUT2D eigenvalue weighted by Gasteiger charge is 2.42. The highest BCUT2D eigenvalue weighted by atomic mass is 16.5. The van der Waals surface area contributed by atoms with Gasteiger partial charge in [-0.25, -0.2) is 0 Å². The van der Waals surface area contributed by atoms with Crippen LogP contribution in [-0.2, 0) is 10.2 Å². The molecule has 1 aliphatic rings. The lowest BCUT2D eigenvalue weighted by atomic mass is 9.84. The van der Waals surface area contributed by atoms with Crippen LogP contribution in [0.1, 0.15) is 30.5 Å². The van der Waals surface area contributed by atoms with Gasteiger partial charge in [-0.3, -0.25) is 4.79 Å². The molecule has 3 heteroatoms. The van der Waals surface area contributed by atoms with E-state index in [2.05, 4.69) is 11.9 Å². The monoisotopic (exact) mass is 245 g/mol. The Hall–Kier alpha value is -1.77. The quantitative estimate of drug-likeness (QED) is 0.831. The lowest BCUT2D eigenvalue weighted by Crippen LogP contribution is -2.27. The summed E-state index contributed by atoms with van der Waals surface area (Å²) >= 11 is 0. The summed E-state index contributed by atoms with van der Waals surface area (Å²) in [7, 11) is 0. The number of hydrogen-bond donors (Lipinski definition) is 1. The third-order valence-electron chi connectivity index (χ3n) is 3.60. The molecule has 1 aromatic rings. The molecule has 0 spiro atoms. The van der Waals surface area contributed by atoms with Crippen LogP contribution in [0.4, 0.5) is 5.69 Å². The standard InChI is InChI=1S/C15H19NO2/c1-6-7-18-11-8-9(2)10(3)13-12(11)15(4,5)14(17)16-13/h6,8H,1,7H2,2-5H3,(H,16,17). The second kappa shape index (κ2) is 4.16. The number of carbonyl (C=O) groups is 1. The van der Waals surface area contributed by atoms with Crippen molar-refractivity contribution in [2.75, 3.05) is 11.9 Å². The molecule has 1 amide bonds. The van der Waals surface area contributed by atoms with Gasteiger partial charge in [-0.15, -0.1) is 0 Å². The average Bonchev–Trinajstić information content (AvgIpc) is 2.54. The zero-order valence-corrected chi connectivity index (χ0v) is 11.4. The fourth-order valence-electron chi connectivity index (χ4n) is 2.31. The molecule has 0 unspecified atom stereocenters. The van der Waals surface area contributed by atoms with Gasteiger partial charge in [-0.05, 0) is 44.9 Å². The van der Waals surface area contributed by atoms with Crippen LogP contribution in [0.2, 0.25) is 0 Å². The van der Waals surface area contributed by atoms with E-state index in [0.717, 1.165) is 28.1 Å². The Bertz CT molecular complexity index is 530. The molecule has 0 aromatic heterocycles.